The first kappa shape index (κ1) is 40.1. The second-order valence-electron chi connectivity index (χ2n) is 18.4. The highest BCUT2D eigenvalue weighted by molar-refractivity contribution is 7.19. The minimum atomic E-state index is -2.70. The zero-order chi connectivity index (χ0) is 46.2. The summed E-state index contributed by atoms with van der Waals surface area (Å²) >= 11 is 0. The molecule has 0 saturated carbocycles. The van der Waals surface area contributed by atoms with Gasteiger partial charge < -0.3 is 13.7 Å². The van der Waals surface area contributed by atoms with Gasteiger partial charge in [0.2, 0.25) is 0 Å². The van der Waals surface area contributed by atoms with Crippen molar-refractivity contribution in [3.8, 4) is 28.2 Å². The smallest absolute Gasteiger partial charge is 0.179 e. The summed E-state index contributed by atoms with van der Waals surface area (Å²) in [5.74, 6) is 0. The summed E-state index contributed by atoms with van der Waals surface area (Å²) < 4.78 is 7.43. The third-order valence-electron chi connectivity index (χ3n) is 14.8. The van der Waals surface area contributed by atoms with E-state index in [0.717, 1.165) is 17.1 Å². The Bertz CT molecular complexity index is 4130. The molecule has 70 heavy (non-hydrogen) atoms. The summed E-state index contributed by atoms with van der Waals surface area (Å²) in [5, 5.41) is 12.9. The largest absolute Gasteiger partial charge is 0.309 e. The van der Waals surface area contributed by atoms with E-state index in [1.165, 1.54) is 97.3 Å². The second kappa shape index (κ2) is 16.1. The molecule has 0 aliphatic carbocycles. The highest BCUT2D eigenvalue weighted by atomic mass is 28.3. The van der Waals surface area contributed by atoms with Crippen LogP contribution in [0.3, 0.4) is 0 Å². The number of para-hydroxylation sites is 6. The van der Waals surface area contributed by atoms with E-state index in [1.54, 1.807) is 0 Å². The molecule has 4 heteroatoms. The summed E-state index contributed by atoms with van der Waals surface area (Å²) in [6.07, 6.45) is 0. The molecule has 0 aliphatic heterocycles. The van der Waals surface area contributed by atoms with Crippen molar-refractivity contribution in [3.63, 3.8) is 0 Å². The lowest BCUT2D eigenvalue weighted by Gasteiger charge is -2.34. The van der Waals surface area contributed by atoms with Crippen LogP contribution in [-0.2, 0) is 0 Å². The third-order valence-corrected chi connectivity index (χ3v) is 19.6. The summed E-state index contributed by atoms with van der Waals surface area (Å²) in [6, 6.07) is 101. The maximum Gasteiger partial charge on any atom is 0.179 e. The minimum Gasteiger partial charge on any atom is -0.309 e. The van der Waals surface area contributed by atoms with Crippen LogP contribution >= 0.6 is 0 Å². The molecule has 0 aliphatic rings. The Balaban J connectivity index is 0.980. The molecule has 0 unspecified atom stereocenters. The zero-order valence-electron chi connectivity index (χ0n) is 38.3. The number of aromatic nitrogens is 3. The van der Waals surface area contributed by atoms with Gasteiger partial charge in [0.15, 0.2) is 8.07 Å². The Labute approximate surface area is 407 Å². The predicted octanol–water partition coefficient (Wildman–Crippen LogP) is 14.0. The van der Waals surface area contributed by atoms with Crippen LogP contribution in [-0.4, -0.2) is 21.8 Å². The number of nitrogens with zero attached hydrogens (tertiary/aromatic N) is 3. The Morgan fingerprint density at radius 3 is 0.943 bits per heavy atom. The zero-order valence-corrected chi connectivity index (χ0v) is 39.3. The monoisotopic (exact) mass is 907 g/mol. The molecule has 3 nitrogen and oxygen atoms in total. The fourth-order valence-electron chi connectivity index (χ4n) is 11.9. The van der Waals surface area contributed by atoms with Crippen molar-refractivity contribution in [2.45, 2.75) is 0 Å². The van der Waals surface area contributed by atoms with Crippen molar-refractivity contribution in [1.29, 1.82) is 0 Å². The van der Waals surface area contributed by atoms with E-state index in [1.807, 2.05) is 0 Å². The molecule has 0 spiro atoms. The van der Waals surface area contributed by atoms with E-state index >= 15 is 0 Å². The topological polar surface area (TPSA) is 14.8 Å². The van der Waals surface area contributed by atoms with Gasteiger partial charge in [-0.05, 0) is 81.4 Å². The van der Waals surface area contributed by atoms with Gasteiger partial charge in [-0.1, -0.05) is 212 Å². The minimum absolute atomic E-state index is 1.14. The van der Waals surface area contributed by atoms with E-state index in [9.17, 15) is 0 Å². The third kappa shape index (κ3) is 5.94. The maximum atomic E-state index is 2.50. The molecular weight excluding hydrogens is 863 g/mol. The first-order chi connectivity index (χ1) is 34.8. The number of hydrogen-bond acceptors (Lipinski definition) is 0. The molecule has 0 amide bonds. The molecule has 0 N–H and O–H groups in total. The summed E-state index contributed by atoms with van der Waals surface area (Å²) in [5.41, 5.74) is 12.9. The second-order valence-corrected chi connectivity index (χ2v) is 22.2. The Morgan fingerprint density at radius 2 is 0.514 bits per heavy atom. The first-order valence-corrected chi connectivity index (χ1v) is 26.2. The van der Waals surface area contributed by atoms with Crippen LogP contribution in [0.25, 0.3) is 93.6 Å². The molecule has 0 atom stereocenters. The molecule has 0 bridgehead atoms. The predicted molar refractivity (Wildman–Crippen MR) is 299 cm³/mol. The van der Waals surface area contributed by atoms with Gasteiger partial charge in [-0.25, -0.2) is 0 Å². The summed E-state index contributed by atoms with van der Waals surface area (Å²) in [4.78, 5) is 0. The van der Waals surface area contributed by atoms with Gasteiger partial charge in [-0.3, -0.25) is 0 Å². The van der Waals surface area contributed by atoms with Crippen molar-refractivity contribution in [1.82, 2.24) is 13.7 Å². The lowest BCUT2D eigenvalue weighted by atomic mass is 10.0. The molecule has 14 aromatic rings. The number of fused-ring (bicyclic) bond motifs is 9. The molecule has 0 saturated heterocycles. The molecular formula is C66H45N3Si. The first-order valence-electron chi connectivity index (χ1n) is 24.2. The van der Waals surface area contributed by atoms with Crippen molar-refractivity contribution >= 4 is 94.2 Å². The van der Waals surface area contributed by atoms with Crippen molar-refractivity contribution in [3.05, 3.63) is 273 Å². The average molecular weight is 908 g/mol. The van der Waals surface area contributed by atoms with Crippen LogP contribution < -0.4 is 20.7 Å². The molecule has 3 heterocycles. The van der Waals surface area contributed by atoms with E-state index < -0.39 is 8.07 Å². The van der Waals surface area contributed by atoms with Crippen LogP contribution in [0.15, 0.2) is 273 Å². The van der Waals surface area contributed by atoms with Gasteiger partial charge in [0.25, 0.3) is 0 Å². The fourth-order valence-corrected chi connectivity index (χ4v) is 16.6. The van der Waals surface area contributed by atoms with Crippen molar-refractivity contribution in [2.24, 2.45) is 0 Å². The molecule has 0 radical (unpaired) electrons. The Hall–Kier alpha value is -8.96. The fraction of sp³-hybridized carbons (Fsp3) is 0. The Morgan fingerprint density at radius 1 is 0.214 bits per heavy atom. The quantitative estimate of drug-likeness (QED) is 0.107. The average Bonchev–Trinajstić information content (AvgIpc) is 4.07. The van der Waals surface area contributed by atoms with Gasteiger partial charge in [0.1, 0.15) is 0 Å². The van der Waals surface area contributed by atoms with Crippen LogP contribution in [0.4, 0.5) is 0 Å². The number of rotatable bonds is 8. The van der Waals surface area contributed by atoms with Crippen LogP contribution in [0.2, 0.25) is 0 Å². The van der Waals surface area contributed by atoms with Crippen molar-refractivity contribution < 1.29 is 0 Å². The summed E-state index contributed by atoms with van der Waals surface area (Å²) in [6.45, 7) is 0. The molecule has 0 fully saturated rings. The maximum absolute atomic E-state index is 2.70. The molecule has 11 aromatic carbocycles. The van der Waals surface area contributed by atoms with E-state index in [0.29, 0.717) is 0 Å². The Kier molecular flexibility index (Phi) is 9.23. The van der Waals surface area contributed by atoms with E-state index in [4.69, 9.17) is 0 Å². The van der Waals surface area contributed by atoms with Gasteiger partial charge in [-0.15, -0.1) is 0 Å². The van der Waals surface area contributed by atoms with Crippen LogP contribution in [0.1, 0.15) is 0 Å². The van der Waals surface area contributed by atoms with E-state index in [2.05, 4.69) is 287 Å². The number of hydrogen-bond donors (Lipinski definition) is 0. The van der Waals surface area contributed by atoms with Gasteiger partial charge in [0.05, 0.1) is 44.5 Å². The molecule has 3 aromatic heterocycles. The van der Waals surface area contributed by atoms with Gasteiger partial charge in [0, 0.05) is 49.1 Å². The van der Waals surface area contributed by atoms with Crippen LogP contribution in [0, 0.1) is 0 Å². The van der Waals surface area contributed by atoms with Crippen molar-refractivity contribution in [2.75, 3.05) is 0 Å². The standard InChI is InChI=1S/C66H45N3Si/c1-4-22-47(23-5-1)70(48-24-6-2-7-25-48,49-26-8-3-9-27-49)50-42-40-46(41-43-50)67-59-34-16-14-32-55(59)57-45-66-58(44-65(57)67)56-33-15-21-39-64(56)69(66)63-38-20-13-31-54(63)53-30-12-19-37-62(53)68-60-35-17-10-28-51(60)52-29-11-18-36-61(52)68/h1-45H. The molecule has 14 rings (SSSR count). The highest BCUT2D eigenvalue weighted by Crippen LogP contribution is 2.43. The molecule has 328 valence electrons. The SMILES string of the molecule is c1ccc([Si](c2ccccc2)(c2ccccc2)c2ccc(-n3c4ccccc4c4cc5c(cc43)c3ccccc3n5-c3ccccc3-c3ccccc3-n3c4ccccc4c4ccccc43)cc2)cc1. The normalized spacial score (nSPS) is 12.0. The van der Waals surface area contributed by atoms with Gasteiger partial charge >= 0.3 is 0 Å². The summed E-state index contributed by atoms with van der Waals surface area (Å²) in [7, 11) is -2.70. The van der Waals surface area contributed by atoms with Gasteiger partial charge in [-0.2, -0.15) is 0 Å². The van der Waals surface area contributed by atoms with Crippen LogP contribution in [0.5, 0.6) is 0 Å². The van der Waals surface area contributed by atoms with E-state index in [-0.39, 0.29) is 0 Å². The lowest BCUT2D eigenvalue weighted by Crippen LogP contribution is -2.74. The number of benzene rings is 11. The lowest BCUT2D eigenvalue weighted by molar-refractivity contribution is 1.16. The highest BCUT2D eigenvalue weighted by Gasteiger charge is 2.41.